The van der Waals surface area contributed by atoms with Gasteiger partial charge >= 0.3 is 0 Å². The van der Waals surface area contributed by atoms with Crippen molar-refractivity contribution in [2.24, 2.45) is 0 Å². The van der Waals surface area contributed by atoms with Crippen molar-refractivity contribution in [3.63, 3.8) is 0 Å². The van der Waals surface area contributed by atoms with Gasteiger partial charge in [0.05, 0.1) is 36.0 Å². The van der Waals surface area contributed by atoms with E-state index in [-0.39, 0.29) is 11.9 Å². The summed E-state index contributed by atoms with van der Waals surface area (Å²) in [5, 5.41) is 8.94. The predicted octanol–water partition coefficient (Wildman–Crippen LogP) is 1.99. The summed E-state index contributed by atoms with van der Waals surface area (Å²) in [6.45, 7) is 3.70. The standard InChI is InChI=1S/C13H15N3O2S/c1-9-7-14-15-12(9)10-8-18-5-4-16(10)13(17)11-3-2-6-19-11/h2-3,6-7,10H,4-5,8H2,1H3,(H,14,15)/t10-/m0/s1. The van der Waals surface area contributed by atoms with E-state index in [1.165, 1.54) is 11.3 Å². The highest BCUT2D eigenvalue weighted by atomic mass is 32.1. The topological polar surface area (TPSA) is 58.2 Å². The van der Waals surface area contributed by atoms with Gasteiger partial charge in [-0.2, -0.15) is 5.10 Å². The Balaban J connectivity index is 1.90. The van der Waals surface area contributed by atoms with E-state index < -0.39 is 0 Å². The van der Waals surface area contributed by atoms with Gasteiger partial charge in [0.15, 0.2) is 0 Å². The van der Waals surface area contributed by atoms with Crippen molar-refractivity contribution in [2.45, 2.75) is 13.0 Å². The van der Waals surface area contributed by atoms with Gasteiger partial charge in [-0.25, -0.2) is 0 Å². The van der Waals surface area contributed by atoms with Crippen molar-refractivity contribution < 1.29 is 9.53 Å². The van der Waals surface area contributed by atoms with Crippen LogP contribution in [0, 0.1) is 6.92 Å². The molecule has 6 heteroatoms. The normalized spacial score (nSPS) is 19.6. The summed E-state index contributed by atoms with van der Waals surface area (Å²) < 4.78 is 5.52. The average molecular weight is 277 g/mol. The fourth-order valence-electron chi connectivity index (χ4n) is 2.32. The molecule has 0 aliphatic carbocycles. The van der Waals surface area contributed by atoms with Crippen molar-refractivity contribution in [3.05, 3.63) is 39.8 Å². The van der Waals surface area contributed by atoms with Crippen LogP contribution in [0.1, 0.15) is 27.0 Å². The molecule has 0 aromatic carbocycles. The van der Waals surface area contributed by atoms with Crippen molar-refractivity contribution in [1.82, 2.24) is 15.1 Å². The fraction of sp³-hybridized carbons (Fsp3) is 0.385. The Morgan fingerprint density at radius 1 is 1.63 bits per heavy atom. The molecule has 1 amide bonds. The predicted molar refractivity (Wildman–Crippen MR) is 72.2 cm³/mol. The van der Waals surface area contributed by atoms with Crippen molar-refractivity contribution >= 4 is 17.2 Å². The number of morpholine rings is 1. The first-order valence-corrected chi connectivity index (χ1v) is 7.07. The van der Waals surface area contributed by atoms with E-state index in [1.807, 2.05) is 29.3 Å². The Bertz CT molecular complexity index is 564. The van der Waals surface area contributed by atoms with Gasteiger partial charge in [-0.3, -0.25) is 9.89 Å². The fourth-order valence-corrected chi connectivity index (χ4v) is 3.00. The lowest BCUT2D eigenvalue weighted by Gasteiger charge is -2.35. The van der Waals surface area contributed by atoms with Gasteiger partial charge in [0.1, 0.15) is 0 Å². The molecular weight excluding hydrogens is 262 g/mol. The third kappa shape index (κ3) is 2.29. The minimum absolute atomic E-state index is 0.0669. The zero-order valence-electron chi connectivity index (χ0n) is 10.6. The molecule has 1 saturated heterocycles. The molecule has 19 heavy (non-hydrogen) atoms. The summed E-state index contributed by atoms with van der Waals surface area (Å²) in [5.74, 6) is 0.0669. The zero-order valence-corrected chi connectivity index (χ0v) is 11.4. The highest BCUT2D eigenvalue weighted by Crippen LogP contribution is 2.27. The maximum Gasteiger partial charge on any atom is 0.264 e. The van der Waals surface area contributed by atoms with Crippen LogP contribution in [-0.4, -0.2) is 40.8 Å². The van der Waals surface area contributed by atoms with Crippen molar-refractivity contribution in [2.75, 3.05) is 19.8 Å². The number of rotatable bonds is 2. The second kappa shape index (κ2) is 5.14. The lowest BCUT2D eigenvalue weighted by atomic mass is 10.1. The number of ether oxygens (including phenoxy) is 1. The summed E-state index contributed by atoms with van der Waals surface area (Å²) in [5.41, 5.74) is 2.02. The number of hydrogen-bond acceptors (Lipinski definition) is 4. The minimum Gasteiger partial charge on any atom is -0.377 e. The third-order valence-electron chi connectivity index (χ3n) is 3.32. The molecule has 1 atom stereocenters. The largest absolute Gasteiger partial charge is 0.377 e. The zero-order chi connectivity index (χ0) is 13.2. The number of nitrogens with one attached hydrogen (secondary N) is 1. The number of nitrogens with zero attached hydrogens (tertiary/aromatic N) is 2. The lowest BCUT2D eigenvalue weighted by molar-refractivity contribution is -0.00381. The Morgan fingerprint density at radius 3 is 3.21 bits per heavy atom. The van der Waals surface area contributed by atoms with Crippen molar-refractivity contribution in [1.29, 1.82) is 0 Å². The van der Waals surface area contributed by atoms with Gasteiger partial charge in [0.2, 0.25) is 0 Å². The molecule has 0 bridgehead atoms. The van der Waals surface area contributed by atoms with E-state index in [2.05, 4.69) is 10.2 Å². The summed E-state index contributed by atoms with van der Waals surface area (Å²) >= 11 is 1.47. The van der Waals surface area contributed by atoms with Crippen LogP contribution in [-0.2, 0) is 4.74 Å². The number of carbonyl (C=O) groups is 1. The minimum atomic E-state index is -0.0779. The Hall–Kier alpha value is -1.66. The molecule has 1 fully saturated rings. The Labute approximate surface area is 115 Å². The average Bonchev–Trinajstić information content (AvgIpc) is 3.09. The van der Waals surface area contributed by atoms with Crippen LogP contribution in [0.4, 0.5) is 0 Å². The van der Waals surface area contributed by atoms with Gasteiger partial charge in [0.25, 0.3) is 5.91 Å². The van der Waals surface area contributed by atoms with Crippen LogP contribution < -0.4 is 0 Å². The van der Waals surface area contributed by atoms with E-state index in [1.54, 1.807) is 6.20 Å². The Kier molecular flexibility index (Phi) is 3.35. The van der Waals surface area contributed by atoms with E-state index in [0.29, 0.717) is 19.8 Å². The monoisotopic (exact) mass is 277 g/mol. The molecule has 1 N–H and O–H groups in total. The molecule has 3 heterocycles. The van der Waals surface area contributed by atoms with Gasteiger partial charge in [-0.1, -0.05) is 6.07 Å². The first-order valence-electron chi connectivity index (χ1n) is 6.19. The highest BCUT2D eigenvalue weighted by molar-refractivity contribution is 7.12. The quantitative estimate of drug-likeness (QED) is 0.913. The highest BCUT2D eigenvalue weighted by Gasteiger charge is 2.31. The molecule has 2 aromatic heterocycles. The molecule has 0 saturated carbocycles. The molecule has 0 radical (unpaired) electrons. The van der Waals surface area contributed by atoms with Crippen LogP contribution in [0.3, 0.4) is 0 Å². The molecule has 100 valence electrons. The number of aryl methyl sites for hydroxylation is 1. The summed E-state index contributed by atoms with van der Waals surface area (Å²) in [6.07, 6.45) is 1.78. The second-order valence-corrected chi connectivity index (χ2v) is 5.48. The maximum atomic E-state index is 12.5. The number of H-pyrrole nitrogens is 1. The van der Waals surface area contributed by atoms with Crippen LogP contribution in [0.15, 0.2) is 23.7 Å². The number of amides is 1. The van der Waals surface area contributed by atoms with E-state index in [9.17, 15) is 4.79 Å². The molecule has 2 aromatic rings. The molecule has 0 unspecified atom stereocenters. The van der Waals surface area contributed by atoms with E-state index >= 15 is 0 Å². The first-order chi connectivity index (χ1) is 9.27. The molecule has 1 aliphatic rings. The van der Waals surface area contributed by atoms with Crippen LogP contribution in [0.2, 0.25) is 0 Å². The maximum absolute atomic E-state index is 12.5. The van der Waals surface area contributed by atoms with Crippen LogP contribution in [0.25, 0.3) is 0 Å². The SMILES string of the molecule is Cc1cn[nH]c1[C@@H]1COCCN1C(=O)c1cccs1. The van der Waals surface area contributed by atoms with Gasteiger partial charge < -0.3 is 9.64 Å². The second-order valence-electron chi connectivity index (χ2n) is 4.53. The molecule has 3 rings (SSSR count). The summed E-state index contributed by atoms with van der Waals surface area (Å²) in [6, 6.07) is 3.68. The van der Waals surface area contributed by atoms with Gasteiger partial charge in [-0.05, 0) is 23.9 Å². The number of hydrogen-bond donors (Lipinski definition) is 1. The van der Waals surface area contributed by atoms with E-state index in [4.69, 9.17) is 4.74 Å². The first kappa shape index (κ1) is 12.4. The third-order valence-corrected chi connectivity index (χ3v) is 4.18. The van der Waals surface area contributed by atoms with Crippen molar-refractivity contribution in [3.8, 4) is 0 Å². The molecule has 0 spiro atoms. The Morgan fingerprint density at radius 2 is 2.53 bits per heavy atom. The summed E-state index contributed by atoms with van der Waals surface area (Å²) in [7, 11) is 0. The van der Waals surface area contributed by atoms with Gasteiger partial charge in [-0.15, -0.1) is 11.3 Å². The number of aromatic nitrogens is 2. The molecular formula is C13H15N3O2S. The van der Waals surface area contributed by atoms with Crippen LogP contribution in [0.5, 0.6) is 0 Å². The van der Waals surface area contributed by atoms with Gasteiger partial charge in [0, 0.05) is 6.54 Å². The molecule has 5 nitrogen and oxygen atoms in total. The number of thiophene rings is 1. The van der Waals surface area contributed by atoms with E-state index in [0.717, 1.165) is 16.1 Å². The smallest absolute Gasteiger partial charge is 0.264 e. The number of carbonyl (C=O) groups excluding carboxylic acids is 1. The number of aromatic amines is 1. The summed E-state index contributed by atoms with van der Waals surface area (Å²) in [4.78, 5) is 15.2. The molecule has 1 aliphatic heterocycles. The van der Waals surface area contributed by atoms with Crippen LogP contribution >= 0.6 is 11.3 Å². The lowest BCUT2D eigenvalue weighted by Crippen LogP contribution is -2.43.